The van der Waals surface area contributed by atoms with Crippen molar-refractivity contribution in [3.63, 3.8) is 0 Å². The molecule has 0 saturated carbocycles. The Hall–Kier alpha value is -2.99. The van der Waals surface area contributed by atoms with E-state index in [1.54, 1.807) is 63.2 Å². The van der Waals surface area contributed by atoms with Crippen LogP contribution in [0.25, 0.3) is 11.6 Å². The lowest BCUT2D eigenvalue weighted by atomic mass is 10.0. The van der Waals surface area contributed by atoms with Crippen LogP contribution in [0, 0.1) is 0 Å². The minimum atomic E-state index is -0.823. The molecule has 0 bridgehead atoms. The smallest absolute Gasteiger partial charge is 0.493 e. The SMILES string of the molecule is COc1cc(/C=C2/C(=O)Nc3ccc(Cl)cc32)ccc1OC(=O)OC(C)(C)C. The third kappa shape index (κ3) is 4.46. The molecule has 1 aliphatic rings. The van der Waals surface area contributed by atoms with Crippen molar-refractivity contribution in [2.75, 3.05) is 12.4 Å². The van der Waals surface area contributed by atoms with Crippen molar-refractivity contribution in [3.05, 3.63) is 52.5 Å². The molecule has 1 aliphatic heterocycles. The average molecular weight is 402 g/mol. The van der Waals surface area contributed by atoms with E-state index >= 15 is 0 Å². The zero-order valence-electron chi connectivity index (χ0n) is 16.0. The summed E-state index contributed by atoms with van der Waals surface area (Å²) in [7, 11) is 1.46. The van der Waals surface area contributed by atoms with Crippen LogP contribution in [0.1, 0.15) is 31.9 Å². The Balaban J connectivity index is 1.89. The first-order valence-corrected chi connectivity index (χ1v) is 8.96. The van der Waals surface area contributed by atoms with E-state index in [2.05, 4.69) is 5.32 Å². The van der Waals surface area contributed by atoms with Gasteiger partial charge in [0.25, 0.3) is 5.91 Å². The van der Waals surface area contributed by atoms with Gasteiger partial charge in [0.1, 0.15) is 5.60 Å². The fourth-order valence-corrected chi connectivity index (χ4v) is 2.86. The molecule has 1 heterocycles. The Morgan fingerprint density at radius 1 is 1.11 bits per heavy atom. The molecule has 146 valence electrons. The molecule has 0 aromatic heterocycles. The second-order valence-corrected chi connectivity index (χ2v) is 7.62. The van der Waals surface area contributed by atoms with Gasteiger partial charge < -0.3 is 19.5 Å². The molecule has 0 radical (unpaired) electrons. The maximum atomic E-state index is 12.3. The highest BCUT2D eigenvalue weighted by atomic mass is 35.5. The number of hydrogen-bond donors (Lipinski definition) is 1. The van der Waals surface area contributed by atoms with E-state index in [0.29, 0.717) is 27.6 Å². The number of anilines is 1. The molecule has 0 atom stereocenters. The second-order valence-electron chi connectivity index (χ2n) is 7.18. The number of halogens is 1. The Kier molecular flexibility index (Phi) is 5.34. The molecule has 0 saturated heterocycles. The number of nitrogens with one attached hydrogen (secondary N) is 1. The molecule has 1 amide bonds. The summed E-state index contributed by atoms with van der Waals surface area (Å²) in [6.45, 7) is 5.24. The zero-order valence-corrected chi connectivity index (χ0v) is 16.7. The highest BCUT2D eigenvalue weighted by molar-refractivity contribution is 6.36. The van der Waals surface area contributed by atoms with Crippen molar-refractivity contribution in [1.29, 1.82) is 0 Å². The van der Waals surface area contributed by atoms with Crippen LogP contribution >= 0.6 is 11.6 Å². The number of amides is 1. The van der Waals surface area contributed by atoms with Crippen LogP contribution in [0.15, 0.2) is 36.4 Å². The summed E-state index contributed by atoms with van der Waals surface area (Å²) in [5, 5.41) is 3.34. The molecule has 2 aromatic carbocycles. The number of methoxy groups -OCH3 is 1. The zero-order chi connectivity index (χ0) is 20.5. The van der Waals surface area contributed by atoms with Gasteiger partial charge in [-0.1, -0.05) is 17.7 Å². The molecule has 6 nitrogen and oxygen atoms in total. The highest BCUT2D eigenvalue weighted by Gasteiger charge is 2.24. The summed E-state index contributed by atoms with van der Waals surface area (Å²) in [5.41, 5.74) is 1.95. The molecule has 7 heteroatoms. The van der Waals surface area contributed by atoms with Gasteiger partial charge in [0.15, 0.2) is 11.5 Å². The monoisotopic (exact) mass is 401 g/mol. The van der Waals surface area contributed by atoms with Gasteiger partial charge >= 0.3 is 6.16 Å². The van der Waals surface area contributed by atoms with E-state index in [1.807, 2.05) is 0 Å². The second kappa shape index (κ2) is 7.56. The van der Waals surface area contributed by atoms with Crippen molar-refractivity contribution < 1.29 is 23.8 Å². The number of carbonyl (C=O) groups excluding carboxylic acids is 2. The maximum Gasteiger partial charge on any atom is 0.514 e. The molecule has 0 fully saturated rings. The summed E-state index contributed by atoms with van der Waals surface area (Å²) in [6, 6.07) is 10.2. The molecule has 28 heavy (non-hydrogen) atoms. The predicted molar refractivity (Wildman–Crippen MR) is 108 cm³/mol. The van der Waals surface area contributed by atoms with Crippen LogP contribution in [-0.4, -0.2) is 24.8 Å². The van der Waals surface area contributed by atoms with Gasteiger partial charge in [-0.05, 0) is 62.7 Å². The first-order chi connectivity index (χ1) is 13.2. The molecule has 0 unspecified atom stereocenters. The lowest BCUT2D eigenvalue weighted by Gasteiger charge is -2.19. The van der Waals surface area contributed by atoms with Gasteiger partial charge in [-0.3, -0.25) is 4.79 Å². The number of hydrogen-bond acceptors (Lipinski definition) is 5. The molecule has 0 aliphatic carbocycles. The molecular formula is C21H20ClNO5. The van der Waals surface area contributed by atoms with E-state index in [9.17, 15) is 9.59 Å². The van der Waals surface area contributed by atoms with Crippen molar-refractivity contribution in [2.45, 2.75) is 26.4 Å². The first-order valence-electron chi connectivity index (χ1n) is 8.58. The topological polar surface area (TPSA) is 73.9 Å². The molecular weight excluding hydrogens is 382 g/mol. The quantitative estimate of drug-likeness (QED) is 0.437. The fourth-order valence-electron chi connectivity index (χ4n) is 2.69. The summed E-state index contributed by atoms with van der Waals surface area (Å²) in [5.74, 6) is 0.341. The maximum absolute atomic E-state index is 12.3. The van der Waals surface area contributed by atoms with Crippen molar-refractivity contribution in [2.24, 2.45) is 0 Å². The van der Waals surface area contributed by atoms with E-state index in [4.69, 9.17) is 25.8 Å². The summed E-state index contributed by atoms with van der Waals surface area (Å²) in [6.07, 6.45) is 0.896. The lowest BCUT2D eigenvalue weighted by Crippen LogP contribution is -2.26. The average Bonchev–Trinajstić information content (AvgIpc) is 2.89. The first kappa shape index (κ1) is 19.8. The Bertz CT molecular complexity index is 975. The van der Waals surface area contributed by atoms with E-state index in [0.717, 1.165) is 5.56 Å². The van der Waals surface area contributed by atoms with E-state index < -0.39 is 11.8 Å². The van der Waals surface area contributed by atoms with Crippen LogP contribution in [0.5, 0.6) is 11.5 Å². The van der Waals surface area contributed by atoms with Crippen LogP contribution in [0.3, 0.4) is 0 Å². The molecule has 1 N–H and O–H groups in total. The standard InChI is InChI=1S/C21H20ClNO5/c1-21(2,3)28-20(25)27-17-8-5-12(10-18(17)26-4)9-15-14-11-13(22)6-7-16(14)23-19(15)24/h5-11H,1-4H3,(H,23,24)/b15-9+. The van der Waals surface area contributed by atoms with E-state index in [-0.39, 0.29) is 11.7 Å². The van der Waals surface area contributed by atoms with Crippen LogP contribution < -0.4 is 14.8 Å². The van der Waals surface area contributed by atoms with Gasteiger partial charge in [0.2, 0.25) is 0 Å². The van der Waals surface area contributed by atoms with E-state index in [1.165, 1.54) is 7.11 Å². The number of ether oxygens (including phenoxy) is 3. The molecule has 2 aromatic rings. The number of fused-ring (bicyclic) bond motifs is 1. The molecule has 3 rings (SSSR count). The lowest BCUT2D eigenvalue weighted by molar-refractivity contribution is -0.110. The van der Waals surface area contributed by atoms with Gasteiger partial charge in [-0.15, -0.1) is 0 Å². The number of carbonyl (C=O) groups is 2. The van der Waals surface area contributed by atoms with Gasteiger partial charge in [0.05, 0.1) is 7.11 Å². The van der Waals surface area contributed by atoms with Crippen molar-refractivity contribution in [3.8, 4) is 11.5 Å². The number of benzene rings is 2. The summed E-state index contributed by atoms with van der Waals surface area (Å²) >= 11 is 6.06. The minimum absolute atomic E-state index is 0.217. The van der Waals surface area contributed by atoms with Crippen LogP contribution in [0.2, 0.25) is 5.02 Å². The third-order valence-corrected chi connectivity index (χ3v) is 4.08. The normalized spacial score (nSPS) is 14.5. The highest BCUT2D eigenvalue weighted by Crippen LogP contribution is 2.36. The van der Waals surface area contributed by atoms with Crippen molar-refractivity contribution in [1.82, 2.24) is 0 Å². The van der Waals surface area contributed by atoms with Crippen LogP contribution in [0.4, 0.5) is 10.5 Å². The molecule has 0 spiro atoms. The van der Waals surface area contributed by atoms with Gasteiger partial charge in [-0.25, -0.2) is 4.79 Å². The Morgan fingerprint density at radius 3 is 2.54 bits per heavy atom. The summed E-state index contributed by atoms with van der Waals surface area (Å²) < 4.78 is 15.7. The van der Waals surface area contributed by atoms with Gasteiger partial charge in [-0.2, -0.15) is 0 Å². The predicted octanol–water partition coefficient (Wildman–Crippen LogP) is 5.16. The number of rotatable bonds is 3. The Morgan fingerprint density at radius 2 is 1.86 bits per heavy atom. The minimum Gasteiger partial charge on any atom is -0.493 e. The largest absolute Gasteiger partial charge is 0.514 e. The van der Waals surface area contributed by atoms with Crippen LogP contribution in [-0.2, 0) is 9.53 Å². The van der Waals surface area contributed by atoms with Gasteiger partial charge in [0, 0.05) is 21.8 Å². The van der Waals surface area contributed by atoms with Crippen molar-refractivity contribution >= 4 is 41.0 Å². The Labute approximate surface area is 168 Å². The fraction of sp³-hybridized carbons (Fsp3) is 0.238. The third-order valence-electron chi connectivity index (χ3n) is 3.85. The summed E-state index contributed by atoms with van der Waals surface area (Å²) in [4.78, 5) is 24.2.